The molecule has 2 rings (SSSR count). The van der Waals surface area contributed by atoms with Gasteiger partial charge < -0.3 is 5.32 Å². The van der Waals surface area contributed by atoms with Gasteiger partial charge in [-0.15, -0.1) is 0 Å². The summed E-state index contributed by atoms with van der Waals surface area (Å²) in [5.74, 6) is 1.51. The van der Waals surface area contributed by atoms with Gasteiger partial charge in [-0.05, 0) is 53.1 Å². The van der Waals surface area contributed by atoms with E-state index in [0.29, 0.717) is 6.04 Å². The van der Waals surface area contributed by atoms with Gasteiger partial charge in [-0.3, -0.25) is 10.1 Å². The molecule has 1 aromatic rings. The van der Waals surface area contributed by atoms with E-state index in [1.165, 1.54) is 25.3 Å². The first-order chi connectivity index (χ1) is 9.95. The second-order valence-corrected chi connectivity index (χ2v) is 7.28. The number of nitrogens with one attached hydrogen (secondary N) is 1. The van der Waals surface area contributed by atoms with E-state index in [4.69, 9.17) is 0 Å². The Morgan fingerprint density at radius 3 is 2.86 bits per heavy atom. The third-order valence-corrected chi connectivity index (χ3v) is 4.80. The van der Waals surface area contributed by atoms with Crippen LogP contribution in [-0.4, -0.2) is 11.0 Å². The molecule has 0 aromatic heterocycles. The molecule has 0 heterocycles. The van der Waals surface area contributed by atoms with Crippen LogP contribution in [0.1, 0.15) is 46.0 Å². The molecule has 0 saturated heterocycles. The van der Waals surface area contributed by atoms with Gasteiger partial charge in [-0.1, -0.05) is 26.7 Å². The van der Waals surface area contributed by atoms with E-state index < -0.39 is 0 Å². The highest BCUT2D eigenvalue weighted by Crippen LogP contribution is 2.33. The third kappa shape index (κ3) is 4.70. The highest BCUT2D eigenvalue weighted by molar-refractivity contribution is 9.10. The van der Waals surface area contributed by atoms with Crippen LogP contribution in [0.3, 0.4) is 0 Å². The van der Waals surface area contributed by atoms with Crippen molar-refractivity contribution in [3.8, 4) is 0 Å². The van der Waals surface area contributed by atoms with Gasteiger partial charge in [0.2, 0.25) is 0 Å². The van der Waals surface area contributed by atoms with Gasteiger partial charge >= 0.3 is 0 Å². The van der Waals surface area contributed by atoms with Crippen LogP contribution in [0, 0.1) is 22.0 Å². The van der Waals surface area contributed by atoms with Crippen molar-refractivity contribution in [3.63, 3.8) is 0 Å². The lowest BCUT2D eigenvalue weighted by Gasteiger charge is -2.31. The number of nitro benzene ring substituents is 1. The van der Waals surface area contributed by atoms with Crippen LogP contribution in [0.5, 0.6) is 0 Å². The van der Waals surface area contributed by atoms with E-state index in [1.807, 2.05) is 0 Å². The van der Waals surface area contributed by atoms with Gasteiger partial charge in [0.1, 0.15) is 0 Å². The first-order valence-corrected chi connectivity index (χ1v) is 8.45. The maximum Gasteiger partial charge on any atom is 0.271 e. The van der Waals surface area contributed by atoms with Crippen molar-refractivity contribution in [1.82, 2.24) is 0 Å². The van der Waals surface area contributed by atoms with Crippen molar-refractivity contribution in [3.05, 3.63) is 32.8 Å². The summed E-state index contributed by atoms with van der Waals surface area (Å²) in [6, 6.07) is 5.31. The molecule has 0 aliphatic heterocycles. The van der Waals surface area contributed by atoms with E-state index in [9.17, 15) is 10.1 Å². The Morgan fingerprint density at radius 1 is 1.43 bits per heavy atom. The first-order valence-electron chi connectivity index (χ1n) is 7.66. The number of anilines is 1. The minimum Gasteiger partial charge on any atom is -0.381 e. The van der Waals surface area contributed by atoms with Gasteiger partial charge in [0.05, 0.1) is 10.6 Å². The van der Waals surface area contributed by atoms with Gasteiger partial charge in [0.25, 0.3) is 5.69 Å². The van der Waals surface area contributed by atoms with E-state index in [-0.39, 0.29) is 10.6 Å². The molecule has 0 amide bonds. The third-order valence-electron chi connectivity index (χ3n) is 4.11. The summed E-state index contributed by atoms with van der Waals surface area (Å²) in [7, 11) is 0. The summed E-state index contributed by atoms with van der Waals surface area (Å²) in [5.41, 5.74) is 0.967. The lowest BCUT2D eigenvalue weighted by atomic mass is 9.81. The van der Waals surface area contributed by atoms with Crippen molar-refractivity contribution in [2.24, 2.45) is 11.8 Å². The van der Waals surface area contributed by atoms with Crippen LogP contribution in [-0.2, 0) is 0 Å². The largest absolute Gasteiger partial charge is 0.381 e. The zero-order valence-corrected chi connectivity index (χ0v) is 14.2. The summed E-state index contributed by atoms with van der Waals surface area (Å²) >= 11 is 3.48. The van der Waals surface area contributed by atoms with Crippen LogP contribution in [0.4, 0.5) is 11.4 Å². The molecule has 5 heteroatoms. The zero-order valence-electron chi connectivity index (χ0n) is 12.6. The lowest BCUT2D eigenvalue weighted by molar-refractivity contribution is -0.384. The van der Waals surface area contributed by atoms with Gasteiger partial charge in [-0.25, -0.2) is 0 Å². The smallest absolute Gasteiger partial charge is 0.271 e. The molecule has 1 aliphatic rings. The number of hydrogen-bond acceptors (Lipinski definition) is 3. The topological polar surface area (TPSA) is 55.2 Å². The standard InChI is InChI=1S/C16H23BrN2O2/c1-11(2)8-12-4-3-5-13(9-12)18-16-10-14(19(20)21)6-7-15(16)17/h6-7,10-13,18H,3-5,8-9H2,1-2H3. The predicted octanol–water partition coefficient (Wildman–Crippen LogP) is 5.37. The highest BCUT2D eigenvalue weighted by Gasteiger charge is 2.23. The summed E-state index contributed by atoms with van der Waals surface area (Å²) in [6.07, 6.45) is 6.12. The molecule has 0 bridgehead atoms. The monoisotopic (exact) mass is 354 g/mol. The molecule has 1 saturated carbocycles. The van der Waals surface area contributed by atoms with Gasteiger partial charge in [-0.2, -0.15) is 0 Å². The summed E-state index contributed by atoms with van der Waals surface area (Å²) in [5, 5.41) is 14.4. The number of halogens is 1. The van der Waals surface area contributed by atoms with Crippen LogP contribution < -0.4 is 5.32 Å². The number of hydrogen-bond donors (Lipinski definition) is 1. The number of nitrogens with zero attached hydrogens (tertiary/aromatic N) is 1. The Kier molecular flexibility index (Phi) is 5.62. The van der Waals surface area contributed by atoms with Crippen LogP contribution in [0.25, 0.3) is 0 Å². The summed E-state index contributed by atoms with van der Waals surface area (Å²) in [4.78, 5) is 10.5. The molecule has 21 heavy (non-hydrogen) atoms. The second-order valence-electron chi connectivity index (χ2n) is 6.42. The molecule has 1 N–H and O–H groups in total. The summed E-state index contributed by atoms with van der Waals surface area (Å²) in [6.45, 7) is 4.54. The fourth-order valence-electron chi connectivity index (χ4n) is 3.26. The summed E-state index contributed by atoms with van der Waals surface area (Å²) < 4.78 is 0.888. The van der Waals surface area contributed by atoms with E-state index in [0.717, 1.165) is 34.8 Å². The van der Waals surface area contributed by atoms with Crippen molar-refractivity contribution >= 4 is 27.3 Å². The SMILES string of the molecule is CC(C)CC1CCCC(Nc2cc([N+](=O)[O-])ccc2Br)C1. The molecule has 1 fully saturated rings. The van der Waals surface area contributed by atoms with Crippen LogP contribution >= 0.6 is 15.9 Å². The quantitative estimate of drug-likeness (QED) is 0.570. The zero-order chi connectivity index (χ0) is 15.4. The minimum atomic E-state index is -0.347. The average Bonchev–Trinajstić information content (AvgIpc) is 2.40. The molecule has 0 spiro atoms. The molecule has 2 atom stereocenters. The van der Waals surface area contributed by atoms with Crippen LogP contribution in [0.2, 0.25) is 0 Å². The number of nitro groups is 1. The molecule has 2 unspecified atom stereocenters. The molecular weight excluding hydrogens is 332 g/mol. The maximum atomic E-state index is 10.9. The maximum absolute atomic E-state index is 10.9. The van der Waals surface area contributed by atoms with Gasteiger partial charge in [0.15, 0.2) is 0 Å². The normalized spacial score (nSPS) is 22.3. The van der Waals surface area contributed by atoms with Crippen molar-refractivity contribution in [1.29, 1.82) is 0 Å². The molecule has 4 nitrogen and oxygen atoms in total. The van der Waals surface area contributed by atoms with E-state index in [2.05, 4.69) is 35.1 Å². The Morgan fingerprint density at radius 2 is 2.19 bits per heavy atom. The Hall–Kier alpha value is -1.10. The molecular formula is C16H23BrN2O2. The number of non-ortho nitro benzene ring substituents is 1. The predicted molar refractivity (Wildman–Crippen MR) is 89.6 cm³/mol. The first kappa shape index (κ1) is 16.3. The van der Waals surface area contributed by atoms with E-state index >= 15 is 0 Å². The van der Waals surface area contributed by atoms with Crippen molar-refractivity contribution < 1.29 is 4.92 Å². The number of rotatable bonds is 5. The van der Waals surface area contributed by atoms with Gasteiger partial charge in [0, 0.05) is 22.6 Å². The fraction of sp³-hybridized carbons (Fsp3) is 0.625. The number of benzene rings is 1. The van der Waals surface area contributed by atoms with Crippen LogP contribution in [0.15, 0.2) is 22.7 Å². The Labute approximate surface area is 134 Å². The molecule has 1 aliphatic carbocycles. The molecule has 1 aromatic carbocycles. The molecule has 116 valence electrons. The molecule has 0 radical (unpaired) electrons. The Balaban J connectivity index is 2.03. The minimum absolute atomic E-state index is 0.134. The van der Waals surface area contributed by atoms with Crippen molar-refractivity contribution in [2.45, 2.75) is 52.0 Å². The Bertz CT molecular complexity index is 505. The van der Waals surface area contributed by atoms with Crippen molar-refractivity contribution in [2.75, 3.05) is 5.32 Å². The highest BCUT2D eigenvalue weighted by atomic mass is 79.9. The fourth-order valence-corrected chi connectivity index (χ4v) is 3.62. The average molecular weight is 355 g/mol. The van der Waals surface area contributed by atoms with E-state index in [1.54, 1.807) is 12.1 Å². The lowest BCUT2D eigenvalue weighted by Crippen LogP contribution is -2.28. The second kappa shape index (κ2) is 7.25.